The van der Waals surface area contributed by atoms with Crippen LogP contribution in [0.1, 0.15) is 60.6 Å². The lowest BCUT2D eigenvalue weighted by Gasteiger charge is -2.42. The Bertz CT molecular complexity index is 2040. The molecule has 0 unspecified atom stereocenters. The first-order valence-electron chi connectivity index (χ1n) is 20.4. The van der Waals surface area contributed by atoms with Crippen LogP contribution in [0.4, 0.5) is 5.82 Å². The molecule has 1 N–H and O–H groups in total. The zero-order valence-corrected chi connectivity index (χ0v) is 32.9. The number of amides is 1. The first kappa shape index (κ1) is 39.1. The molecule has 2 aromatic carbocycles. The number of carbonyl (C=O) groups is 1. The maximum absolute atomic E-state index is 13.6. The summed E-state index contributed by atoms with van der Waals surface area (Å²) in [6.45, 7) is 9.07. The van der Waals surface area contributed by atoms with Crippen LogP contribution < -0.4 is 9.64 Å². The minimum absolute atomic E-state index is 0.0618. The minimum atomic E-state index is -0.424. The van der Waals surface area contributed by atoms with Crippen LogP contribution in [-0.2, 0) is 32.0 Å². The Labute approximate surface area is 335 Å². The standard InChI is InChI=1S/C44H53N7O6/c1-3-31-6-4-7-32-24-34(52)25-36(41(31)32)39-26-38-37(28-56-39)42(47-43(46-38)57-30-44(12-13-44)29-49-20-22-55-23-21-49)50-18-19-51(33(27-50)9-14-45)40(53)8-5-15-48-16-10-35(54-2)11-17-48/h1,4-8,24-25,33,35,39,52H,9-13,15-23,26-30H2,2H3/b8-5+/t33-,39-/m0/s1. The first-order chi connectivity index (χ1) is 27.8. The van der Waals surface area contributed by atoms with Gasteiger partial charge in [-0.1, -0.05) is 24.1 Å². The van der Waals surface area contributed by atoms with E-state index in [9.17, 15) is 15.2 Å². The number of phenolic OH excluding ortho intramolecular Hbond substituents is 1. The molecule has 3 aromatic rings. The van der Waals surface area contributed by atoms with Gasteiger partial charge in [0.15, 0.2) is 0 Å². The van der Waals surface area contributed by atoms with Gasteiger partial charge < -0.3 is 33.9 Å². The van der Waals surface area contributed by atoms with Crippen molar-refractivity contribution < 1.29 is 28.8 Å². The van der Waals surface area contributed by atoms with Gasteiger partial charge in [-0.05, 0) is 54.8 Å². The molecule has 13 nitrogen and oxygen atoms in total. The van der Waals surface area contributed by atoms with Crippen LogP contribution in [-0.4, -0.2) is 134 Å². The van der Waals surface area contributed by atoms with E-state index < -0.39 is 6.10 Å². The summed E-state index contributed by atoms with van der Waals surface area (Å²) in [4.78, 5) is 32.4. The molecule has 3 saturated heterocycles. The molecule has 0 bridgehead atoms. The number of morpholine rings is 1. The van der Waals surface area contributed by atoms with Crippen molar-refractivity contribution in [3.05, 3.63) is 64.9 Å². The van der Waals surface area contributed by atoms with Gasteiger partial charge in [-0.25, -0.2) is 0 Å². The smallest absolute Gasteiger partial charge is 0.318 e. The lowest BCUT2D eigenvalue weighted by Crippen LogP contribution is -2.55. The van der Waals surface area contributed by atoms with Gasteiger partial charge in [-0.3, -0.25) is 14.6 Å². The number of aromatic hydroxyl groups is 1. The Morgan fingerprint density at radius 1 is 1.11 bits per heavy atom. The Morgan fingerprint density at radius 3 is 2.68 bits per heavy atom. The number of terminal acetylenes is 1. The molecule has 1 amide bonds. The largest absolute Gasteiger partial charge is 0.508 e. The Hall–Kier alpha value is -4.76. The number of likely N-dealkylation sites (tertiary alicyclic amines) is 1. The predicted octanol–water partition coefficient (Wildman–Crippen LogP) is 4.22. The van der Waals surface area contributed by atoms with Gasteiger partial charge in [0.2, 0.25) is 5.91 Å². The quantitative estimate of drug-likeness (QED) is 0.209. The van der Waals surface area contributed by atoms with E-state index in [1.54, 1.807) is 25.3 Å². The second-order valence-electron chi connectivity index (χ2n) is 16.2. The van der Waals surface area contributed by atoms with Crippen molar-refractivity contribution in [1.29, 1.82) is 5.26 Å². The monoisotopic (exact) mass is 775 g/mol. The number of nitrogens with zero attached hydrogens (tertiary/aromatic N) is 7. The number of hydrogen-bond donors (Lipinski definition) is 1. The topological polar surface area (TPSA) is 137 Å². The van der Waals surface area contributed by atoms with Gasteiger partial charge in [-0.15, -0.1) is 6.42 Å². The van der Waals surface area contributed by atoms with Crippen molar-refractivity contribution >= 4 is 22.5 Å². The van der Waals surface area contributed by atoms with Gasteiger partial charge in [-0.2, -0.15) is 15.2 Å². The number of aromatic nitrogens is 2. The average molecular weight is 776 g/mol. The summed E-state index contributed by atoms with van der Waals surface area (Å²) >= 11 is 0. The molecule has 4 aliphatic heterocycles. The number of phenols is 1. The molecule has 1 aliphatic carbocycles. The van der Waals surface area contributed by atoms with E-state index in [0.29, 0.717) is 57.1 Å². The highest BCUT2D eigenvalue weighted by molar-refractivity contribution is 5.92. The Kier molecular flexibility index (Phi) is 11.9. The highest BCUT2D eigenvalue weighted by atomic mass is 16.5. The Balaban J connectivity index is 1.04. The third-order valence-corrected chi connectivity index (χ3v) is 12.4. The predicted molar refractivity (Wildman–Crippen MR) is 215 cm³/mol. The SMILES string of the molecule is C#Cc1cccc2cc(O)cc([C@@H]3Cc4nc(OCC5(CN6CCOCC6)CC5)nc(N5CCN(C(=O)/C=C/CN6CCC(OC)CC6)[C@@H](CC#N)C5)c4CO3)c12. The van der Waals surface area contributed by atoms with Crippen LogP contribution in [0.5, 0.6) is 11.8 Å². The van der Waals surface area contributed by atoms with Crippen LogP contribution in [0.2, 0.25) is 0 Å². The van der Waals surface area contributed by atoms with Crippen LogP contribution in [0.15, 0.2) is 42.5 Å². The molecule has 4 fully saturated rings. The van der Waals surface area contributed by atoms with E-state index >= 15 is 0 Å². The maximum Gasteiger partial charge on any atom is 0.318 e. The number of carbonyl (C=O) groups excluding carboxylic acids is 1. The summed E-state index contributed by atoms with van der Waals surface area (Å²) in [7, 11) is 1.76. The van der Waals surface area contributed by atoms with Crippen LogP contribution in [0.25, 0.3) is 10.8 Å². The third-order valence-electron chi connectivity index (χ3n) is 12.4. The fourth-order valence-corrected chi connectivity index (χ4v) is 8.90. The van der Waals surface area contributed by atoms with Crippen LogP contribution in [0.3, 0.4) is 0 Å². The van der Waals surface area contributed by atoms with Crippen molar-refractivity contribution in [3.8, 4) is 30.2 Å². The number of anilines is 1. The van der Waals surface area contributed by atoms with E-state index in [-0.39, 0.29) is 36.1 Å². The highest BCUT2D eigenvalue weighted by Crippen LogP contribution is 2.47. The molecule has 0 spiro atoms. The molecule has 57 heavy (non-hydrogen) atoms. The van der Waals surface area contributed by atoms with Gasteiger partial charge >= 0.3 is 6.01 Å². The van der Waals surface area contributed by atoms with E-state index in [1.807, 2.05) is 29.2 Å². The lowest BCUT2D eigenvalue weighted by atomic mass is 9.92. The second kappa shape index (κ2) is 17.4. The van der Waals surface area contributed by atoms with Crippen molar-refractivity contribution in [2.24, 2.45) is 5.41 Å². The molecule has 1 aromatic heterocycles. The summed E-state index contributed by atoms with van der Waals surface area (Å²) in [6, 6.07) is 11.5. The van der Waals surface area contributed by atoms with E-state index in [4.69, 9.17) is 35.3 Å². The molecule has 5 heterocycles. The van der Waals surface area contributed by atoms with Crippen molar-refractivity contribution in [1.82, 2.24) is 24.7 Å². The zero-order valence-electron chi connectivity index (χ0n) is 32.9. The zero-order chi connectivity index (χ0) is 39.4. The van der Waals surface area contributed by atoms with Gasteiger partial charge in [0.05, 0.1) is 62.9 Å². The summed E-state index contributed by atoms with van der Waals surface area (Å²) < 4.78 is 24.2. The molecule has 1 saturated carbocycles. The summed E-state index contributed by atoms with van der Waals surface area (Å²) in [5, 5.41) is 22.4. The first-order valence-corrected chi connectivity index (χ1v) is 20.4. The average Bonchev–Trinajstić information content (AvgIpc) is 4.01. The van der Waals surface area contributed by atoms with E-state index in [1.165, 1.54) is 0 Å². The molecule has 2 atom stereocenters. The fourth-order valence-electron chi connectivity index (χ4n) is 8.90. The number of nitriles is 1. The number of benzene rings is 2. The van der Waals surface area contributed by atoms with Gasteiger partial charge in [0, 0.05) is 100 Å². The highest BCUT2D eigenvalue weighted by Gasteiger charge is 2.45. The number of ether oxygens (including phenoxy) is 4. The van der Waals surface area contributed by atoms with Crippen molar-refractivity contribution in [2.75, 3.05) is 90.7 Å². The van der Waals surface area contributed by atoms with E-state index in [0.717, 1.165) is 105 Å². The fraction of sp³-hybridized carbons (Fsp3) is 0.545. The second-order valence-corrected chi connectivity index (χ2v) is 16.2. The summed E-state index contributed by atoms with van der Waals surface area (Å²) in [6.07, 6.45) is 14.2. The molecule has 13 heteroatoms. The molecule has 300 valence electrons. The normalized spacial score (nSPS) is 22.9. The van der Waals surface area contributed by atoms with Crippen molar-refractivity contribution in [2.45, 2.75) is 63.4 Å². The van der Waals surface area contributed by atoms with Crippen molar-refractivity contribution in [3.63, 3.8) is 0 Å². The maximum atomic E-state index is 13.6. The lowest BCUT2D eigenvalue weighted by molar-refractivity contribution is -0.128. The summed E-state index contributed by atoms with van der Waals surface area (Å²) in [5.74, 6) is 3.58. The van der Waals surface area contributed by atoms with Crippen LogP contribution in [0, 0.1) is 29.1 Å². The molecular weight excluding hydrogens is 723 g/mol. The minimum Gasteiger partial charge on any atom is -0.508 e. The number of piperazine rings is 1. The van der Waals surface area contributed by atoms with E-state index in [2.05, 4.69) is 26.7 Å². The molecule has 5 aliphatic rings. The number of rotatable bonds is 12. The summed E-state index contributed by atoms with van der Waals surface area (Å²) in [5.41, 5.74) is 3.28. The van der Waals surface area contributed by atoms with Gasteiger partial charge in [0.1, 0.15) is 11.6 Å². The number of hydrogen-bond acceptors (Lipinski definition) is 12. The van der Waals surface area contributed by atoms with Gasteiger partial charge in [0.25, 0.3) is 0 Å². The Morgan fingerprint density at radius 2 is 1.93 bits per heavy atom. The number of fused-ring (bicyclic) bond motifs is 2. The number of methoxy groups -OCH3 is 1. The molecule has 0 radical (unpaired) electrons. The molecule has 8 rings (SSSR count). The third kappa shape index (κ3) is 8.89. The molecular formula is C44H53N7O6. The number of piperidine rings is 1. The van der Waals surface area contributed by atoms with Crippen LogP contribution >= 0.6 is 0 Å².